The Bertz CT molecular complexity index is 1100. The van der Waals surface area contributed by atoms with Crippen molar-refractivity contribution in [2.45, 2.75) is 4.90 Å². The molecule has 0 saturated carbocycles. The van der Waals surface area contributed by atoms with Gasteiger partial charge in [0.05, 0.1) is 28.6 Å². The molecule has 2 aromatic carbocycles. The Labute approximate surface area is 168 Å². The molecule has 0 aliphatic rings. The van der Waals surface area contributed by atoms with Crippen molar-refractivity contribution in [3.8, 4) is 11.3 Å². The van der Waals surface area contributed by atoms with Gasteiger partial charge in [0.25, 0.3) is 0 Å². The number of benzene rings is 2. The molecule has 0 atom stereocenters. The lowest BCUT2D eigenvalue weighted by Gasteiger charge is -2.00. The maximum absolute atomic E-state index is 11.5. The smallest absolute Gasteiger partial charge is 0.337 e. The Hall–Kier alpha value is -2.42. The molecule has 27 heavy (non-hydrogen) atoms. The number of rotatable bonds is 5. The fourth-order valence-electron chi connectivity index (χ4n) is 2.54. The van der Waals surface area contributed by atoms with Crippen molar-refractivity contribution in [1.82, 2.24) is 9.97 Å². The first kappa shape index (κ1) is 18.0. The molecule has 4 aromatic rings. The molecular weight excluding hydrogens is 398 g/mol. The van der Waals surface area contributed by atoms with Crippen LogP contribution in [0.5, 0.6) is 0 Å². The number of fused-ring (bicyclic) bond motifs is 1. The number of carbonyl (C=O) groups excluding carboxylic acids is 1. The number of thiazole rings is 2. The van der Waals surface area contributed by atoms with Crippen molar-refractivity contribution in [2.75, 3.05) is 18.7 Å². The largest absolute Gasteiger partial charge is 0.465 e. The molecule has 0 saturated heterocycles. The van der Waals surface area contributed by atoms with Crippen LogP contribution in [0.15, 0.2) is 52.7 Å². The number of ether oxygens (including phenoxy) is 1. The number of nitrogens with one attached hydrogen (secondary N) is 1. The van der Waals surface area contributed by atoms with Crippen molar-refractivity contribution < 1.29 is 9.53 Å². The second kappa shape index (κ2) is 7.67. The minimum Gasteiger partial charge on any atom is -0.465 e. The van der Waals surface area contributed by atoms with Gasteiger partial charge in [-0.05, 0) is 36.6 Å². The first-order valence-corrected chi connectivity index (χ1v) is 10.9. The molecule has 0 bridgehead atoms. The van der Waals surface area contributed by atoms with Crippen molar-refractivity contribution in [3.63, 3.8) is 0 Å². The Balaban J connectivity index is 1.53. The second-order valence-electron chi connectivity index (χ2n) is 5.58. The zero-order chi connectivity index (χ0) is 18.8. The average Bonchev–Trinajstić information content (AvgIpc) is 3.33. The molecule has 136 valence electrons. The van der Waals surface area contributed by atoms with Gasteiger partial charge in [-0.15, -0.1) is 23.1 Å². The number of carbonyl (C=O) groups is 1. The summed E-state index contributed by atoms with van der Waals surface area (Å²) >= 11 is 4.86. The van der Waals surface area contributed by atoms with E-state index in [4.69, 9.17) is 4.74 Å². The molecule has 0 fully saturated rings. The normalized spacial score (nSPS) is 10.9. The molecule has 8 heteroatoms. The summed E-state index contributed by atoms with van der Waals surface area (Å²) in [7, 11) is 1.37. The highest BCUT2D eigenvalue weighted by Crippen LogP contribution is 2.33. The van der Waals surface area contributed by atoms with E-state index in [-0.39, 0.29) is 5.97 Å². The van der Waals surface area contributed by atoms with E-state index in [1.165, 1.54) is 23.3 Å². The van der Waals surface area contributed by atoms with E-state index in [9.17, 15) is 4.79 Å². The second-order valence-corrected chi connectivity index (χ2v) is 8.35. The highest BCUT2D eigenvalue weighted by molar-refractivity contribution is 7.98. The fraction of sp³-hybridized carbons (Fsp3) is 0.105. The van der Waals surface area contributed by atoms with Gasteiger partial charge in [-0.2, -0.15) is 0 Å². The van der Waals surface area contributed by atoms with Crippen molar-refractivity contribution in [2.24, 2.45) is 0 Å². The van der Waals surface area contributed by atoms with Crippen LogP contribution in [0.3, 0.4) is 0 Å². The lowest BCUT2D eigenvalue weighted by molar-refractivity contribution is 0.0601. The monoisotopic (exact) mass is 413 g/mol. The van der Waals surface area contributed by atoms with E-state index >= 15 is 0 Å². The molecule has 0 radical (unpaired) electrons. The standard InChI is InChI=1S/C19H15N3O2S3/c1-24-17(23)12-5-3-11(4-6-12)15-10-26-18(21-15)22-19-20-14-8-7-13(25-2)9-16(14)27-19/h3-10H,1-2H3,(H,20,21,22). The van der Waals surface area contributed by atoms with Crippen LogP contribution in [-0.4, -0.2) is 29.3 Å². The van der Waals surface area contributed by atoms with Gasteiger partial charge in [-0.25, -0.2) is 14.8 Å². The van der Waals surface area contributed by atoms with E-state index in [1.54, 1.807) is 35.2 Å². The van der Waals surface area contributed by atoms with E-state index in [2.05, 4.69) is 33.7 Å². The fourth-order valence-corrected chi connectivity index (χ4v) is 4.74. The number of methoxy groups -OCH3 is 1. The number of nitrogens with zero attached hydrogens (tertiary/aromatic N) is 2. The Morgan fingerprint density at radius 2 is 1.93 bits per heavy atom. The quantitative estimate of drug-likeness (QED) is 0.336. The summed E-state index contributed by atoms with van der Waals surface area (Å²) in [6.07, 6.45) is 2.07. The van der Waals surface area contributed by atoms with E-state index in [0.29, 0.717) is 5.56 Å². The summed E-state index contributed by atoms with van der Waals surface area (Å²) in [6, 6.07) is 13.5. The lowest BCUT2D eigenvalue weighted by Crippen LogP contribution is -2.00. The number of hydrogen-bond donors (Lipinski definition) is 1. The molecule has 0 spiro atoms. The Morgan fingerprint density at radius 3 is 2.67 bits per heavy atom. The lowest BCUT2D eigenvalue weighted by atomic mass is 10.1. The van der Waals surface area contributed by atoms with Crippen LogP contribution in [0.4, 0.5) is 10.3 Å². The van der Waals surface area contributed by atoms with Crippen LogP contribution in [0.1, 0.15) is 10.4 Å². The summed E-state index contributed by atoms with van der Waals surface area (Å²) in [5.41, 5.74) is 3.30. The van der Waals surface area contributed by atoms with E-state index in [1.807, 2.05) is 23.6 Å². The summed E-state index contributed by atoms with van der Waals surface area (Å²) < 4.78 is 5.87. The van der Waals surface area contributed by atoms with Crippen LogP contribution in [-0.2, 0) is 4.74 Å². The molecule has 0 amide bonds. The van der Waals surface area contributed by atoms with E-state index < -0.39 is 0 Å². The third kappa shape index (κ3) is 3.83. The summed E-state index contributed by atoms with van der Waals surface area (Å²) in [5.74, 6) is -0.345. The van der Waals surface area contributed by atoms with Crippen LogP contribution in [0, 0.1) is 0 Å². The van der Waals surface area contributed by atoms with Crippen molar-refractivity contribution >= 4 is 60.9 Å². The maximum atomic E-state index is 11.5. The van der Waals surface area contributed by atoms with Gasteiger partial charge in [-0.1, -0.05) is 23.5 Å². The molecule has 0 aliphatic heterocycles. The van der Waals surface area contributed by atoms with Gasteiger partial charge in [0, 0.05) is 15.8 Å². The third-order valence-corrected chi connectivity index (χ3v) is 6.33. The summed E-state index contributed by atoms with van der Waals surface area (Å²) in [6.45, 7) is 0. The Morgan fingerprint density at radius 1 is 1.11 bits per heavy atom. The number of aromatic nitrogens is 2. The molecule has 0 aliphatic carbocycles. The van der Waals surface area contributed by atoms with E-state index in [0.717, 1.165) is 31.7 Å². The van der Waals surface area contributed by atoms with Gasteiger partial charge in [0.2, 0.25) is 0 Å². The van der Waals surface area contributed by atoms with Crippen LogP contribution < -0.4 is 5.32 Å². The molecule has 1 N–H and O–H groups in total. The molecule has 2 heterocycles. The van der Waals surface area contributed by atoms with Gasteiger partial charge in [-0.3, -0.25) is 0 Å². The number of anilines is 2. The minimum absolute atomic E-state index is 0.345. The van der Waals surface area contributed by atoms with Gasteiger partial charge in [0.15, 0.2) is 10.3 Å². The predicted molar refractivity (Wildman–Crippen MR) is 114 cm³/mol. The first-order valence-electron chi connectivity index (χ1n) is 8.02. The first-order chi connectivity index (χ1) is 13.2. The summed E-state index contributed by atoms with van der Waals surface area (Å²) in [5, 5.41) is 6.88. The maximum Gasteiger partial charge on any atom is 0.337 e. The SMILES string of the molecule is COC(=O)c1ccc(-c2csc(Nc3nc4ccc(SC)cc4s3)n2)cc1. The molecule has 5 nitrogen and oxygen atoms in total. The topological polar surface area (TPSA) is 64.1 Å². The van der Waals surface area contributed by atoms with Gasteiger partial charge in [0.1, 0.15) is 0 Å². The number of esters is 1. The van der Waals surface area contributed by atoms with Crippen LogP contribution in [0.2, 0.25) is 0 Å². The molecular formula is C19H15N3O2S3. The zero-order valence-corrected chi connectivity index (χ0v) is 17.0. The highest BCUT2D eigenvalue weighted by Gasteiger charge is 2.10. The highest BCUT2D eigenvalue weighted by atomic mass is 32.2. The average molecular weight is 414 g/mol. The van der Waals surface area contributed by atoms with Gasteiger partial charge < -0.3 is 10.1 Å². The molecule has 4 rings (SSSR count). The molecule has 2 aromatic heterocycles. The Kier molecular flexibility index (Phi) is 5.11. The van der Waals surface area contributed by atoms with Crippen LogP contribution >= 0.6 is 34.4 Å². The minimum atomic E-state index is -0.345. The van der Waals surface area contributed by atoms with Crippen molar-refractivity contribution in [3.05, 3.63) is 53.4 Å². The molecule has 0 unspecified atom stereocenters. The summed E-state index contributed by atoms with van der Waals surface area (Å²) in [4.78, 5) is 22.0. The van der Waals surface area contributed by atoms with Gasteiger partial charge >= 0.3 is 5.97 Å². The van der Waals surface area contributed by atoms with Crippen molar-refractivity contribution in [1.29, 1.82) is 0 Å². The third-order valence-electron chi connectivity index (χ3n) is 3.92. The number of hydrogen-bond acceptors (Lipinski definition) is 8. The predicted octanol–water partition coefficient (Wildman–Crippen LogP) is 5.67. The zero-order valence-electron chi connectivity index (χ0n) is 14.6. The van der Waals surface area contributed by atoms with Crippen LogP contribution in [0.25, 0.3) is 21.5 Å². The number of thioether (sulfide) groups is 1.